The summed E-state index contributed by atoms with van der Waals surface area (Å²) in [6.07, 6.45) is -0.129. The highest BCUT2D eigenvalue weighted by atomic mass is 19.1. The van der Waals surface area contributed by atoms with Gasteiger partial charge in [0.25, 0.3) is 0 Å². The molecule has 2 aromatic carbocycles. The van der Waals surface area contributed by atoms with Crippen LogP contribution in [0.4, 0.5) is 20.5 Å². The molecule has 1 aliphatic rings. The molecule has 2 heterocycles. The first kappa shape index (κ1) is 20.6. The number of ether oxygens (including phenoxy) is 2. The molecule has 0 aliphatic carbocycles. The van der Waals surface area contributed by atoms with E-state index in [0.717, 1.165) is 0 Å². The van der Waals surface area contributed by atoms with Gasteiger partial charge >= 0.3 is 0 Å². The summed E-state index contributed by atoms with van der Waals surface area (Å²) in [7, 11) is 2.71. The fourth-order valence-corrected chi connectivity index (χ4v) is 4.09. The number of rotatable bonds is 7. The molecule has 1 saturated heterocycles. The monoisotopic (exact) mass is 489 g/mol. The van der Waals surface area contributed by atoms with E-state index in [2.05, 4.69) is 15.3 Å². The van der Waals surface area contributed by atoms with Crippen LogP contribution in [0.5, 0.6) is 11.5 Å². The third kappa shape index (κ3) is 4.90. The Balaban J connectivity index is 1.48. The molecular weight excluding hydrogens is 458 g/mol. The van der Waals surface area contributed by atoms with Gasteiger partial charge < -0.3 is 30.3 Å². The normalized spacial score (nSPS) is 16.4. The maximum Gasteiger partial charge on any atom is 0.228 e. The molecule has 3 aromatic rings. The highest BCUT2D eigenvalue weighted by Gasteiger charge is 2.26. The van der Waals surface area contributed by atoms with Gasteiger partial charge in [-0.25, -0.2) is 13.8 Å². The summed E-state index contributed by atoms with van der Waals surface area (Å²) in [5.74, 6) is -1.10. The van der Waals surface area contributed by atoms with Crippen molar-refractivity contribution in [1.29, 1.82) is 0 Å². The van der Waals surface area contributed by atoms with Gasteiger partial charge in [-0.2, -0.15) is 4.98 Å². The minimum atomic E-state index is -2.49. The maximum absolute atomic E-state index is 15.1. The van der Waals surface area contributed by atoms with Crippen LogP contribution in [0.1, 0.15) is 22.1 Å². The number of methoxy groups -OCH3 is 2. The smallest absolute Gasteiger partial charge is 0.228 e. The Morgan fingerprint density at radius 2 is 1.89 bits per heavy atom. The summed E-state index contributed by atoms with van der Waals surface area (Å²) in [5, 5.41) is 2.76. The third-order valence-electron chi connectivity index (χ3n) is 6.03. The number of piperazine rings is 1. The van der Waals surface area contributed by atoms with Crippen molar-refractivity contribution in [1.82, 2.24) is 20.2 Å². The molecule has 11 heteroatoms. The van der Waals surface area contributed by atoms with Crippen LogP contribution in [0, 0.1) is 11.6 Å². The van der Waals surface area contributed by atoms with E-state index < -0.39 is 24.7 Å². The van der Waals surface area contributed by atoms with E-state index in [1.807, 2.05) is 0 Å². The van der Waals surface area contributed by atoms with Crippen molar-refractivity contribution < 1.29 is 27.2 Å². The Labute approximate surface area is 206 Å². The molecule has 0 bridgehead atoms. The number of nitrogen functional groups attached to an aromatic ring is 1. The van der Waals surface area contributed by atoms with E-state index in [4.69, 9.17) is 19.3 Å². The predicted octanol–water partition coefficient (Wildman–Crippen LogP) is 2.51. The number of nitrogens with two attached hydrogens (primary N) is 1. The van der Waals surface area contributed by atoms with E-state index in [0.29, 0.717) is 31.7 Å². The number of benzene rings is 2. The molecule has 186 valence electrons. The van der Waals surface area contributed by atoms with Crippen molar-refractivity contribution in [2.24, 2.45) is 0 Å². The van der Waals surface area contributed by atoms with Gasteiger partial charge in [-0.05, 0) is 30.7 Å². The number of nitrogens with one attached hydrogen (secondary N) is 1. The molecule has 9 nitrogen and oxygen atoms in total. The van der Waals surface area contributed by atoms with Crippen molar-refractivity contribution in [3.8, 4) is 11.5 Å². The van der Waals surface area contributed by atoms with Gasteiger partial charge in [-0.3, -0.25) is 4.79 Å². The van der Waals surface area contributed by atoms with Crippen molar-refractivity contribution in [2.75, 3.05) is 58.0 Å². The standard InChI is InChI=1S/C24H28F2N6O3/c1-28-17(14-4-6-15(25)7-5-14)13-19(33)31-8-10-32(11-9-31)24-29-21-16(23(27)30-24)12-18(34-2)22(35-3)20(21)26/h4-7,12,17,28H,8-11,13H2,1-3H3,(H2,27,29,30)/t17-/m1/s1/i1D3. The molecule has 1 fully saturated rings. The van der Waals surface area contributed by atoms with Crippen LogP contribution >= 0.6 is 0 Å². The van der Waals surface area contributed by atoms with Crippen LogP contribution in [0.15, 0.2) is 30.3 Å². The Morgan fingerprint density at radius 3 is 2.51 bits per heavy atom. The zero-order valence-corrected chi connectivity index (χ0v) is 19.3. The summed E-state index contributed by atoms with van der Waals surface area (Å²) in [5.41, 5.74) is 6.59. The van der Waals surface area contributed by atoms with Gasteiger partial charge in [0.05, 0.1) is 14.2 Å². The second-order valence-electron chi connectivity index (χ2n) is 8.05. The van der Waals surface area contributed by atoms with Crippen molar-refractivity contribution in [2.45, 2.75) is 12.5 Å². The minimum absolute atomic E-state index is 0.0125. The molecule has 0 unspecified atom stereocenters. The van der Waals surface area contributed by atoms with Crippen LogP contribution in [0.25, 0.3) is 10.9 Å². The molecular formula is C24H28F2N6O3. The van der Waals surface area contributed by atoms with Crippen molar-refractivity contribution >= 4 is 28.6 Å². The number of hydrogen-bond donors (Lipinski definition) is 2. The zero-order valence-electron chi connectivity index (χ0n) is 22.3. The minimum Gasteiger partial charge on any atom is -0.493 e. The van der Waals surface area contributed by atoms with Gasteiger partial charge in [-0.15, -0.1) is 0 Å². The van der Waals surface area contributed by atoms with E-state index in [9.17, 15) is 9.18 Å². The fraction of sp³-hybridized carbons (Fsp3) is 0.375. The first-order valence-electron chi connectivity index (χ1n) is 12.4. The summed E-state index contributed by atoms with van der Waals surface area (Å²) < 4.78 is 61.4. The summed E-state index contributed by atoms with van der Waals surface area (Å²) >= 11 is 0. The molecule has 1 aliphatic heterocycles. The lowest BCUT2D eigenvalue weighted by molar-refractivity contribution is -0.132. The van der Waals surface area contributed by atoms with Crippen LogP contribution in [0.2, 0.25) is 0 Å². The molecule has 4 rings (SSSR count). The van der Waals surface area contributed by atoms with Crippen molar-refractivity contribution in [3.63, 3.8) is 0 Å². The predicted molar refractivity (Wildman–Crippen MR) is 129 cm³/mol. The quantitative estimate of drug-likeness (QED) is 0.522. The topological polar surface area (TPSA) is 106 Å². The van der Waals surface area contributed by atoms with Crippen LogP contribution in [-0.4, -0.2) is 68.1 Å². The van der Waals surface area contributed by atoms with E-state index in [-0.39, 0.29) is 46.5 Å². The number of anilines is 2. The van der Waals surface area contributed by atoms with Crippen LogP contribution in [-0.2, 0) is 4.79 Å². The van der Waals surface area contributed by atoms with Crippen LogP contribution in [0.3, 0.4) is 0 Å². The Morgan fingerprint density at radius 1 is 1.17 bits per heavy atom. The average Bonchev–Trinajstić information content (AvgIpc) is 2.88. The third-order valence-corrected chi connectivity index (χ3v) is 6.03. The van der Waals surface area contributed by atoms with E-state index >= 15 is 4.39 Å². The Kier molecular flexibility index (Phi) is 6.05. The van der Waals surface area contributed by atoms with Crippen molar-refractivity contribution in [3.05, 3.63) is 47.5 Å². The zero-order chi connectivity index (χ0) is 27.6. The lowest BCUT2D eigenvalue weighted by Gasteiger charge is -2.35. The summed E-state index contributed by atoms with van der Waals surface area (Å²) in [6.45, 7) is -1.19. The molecule has 35 heavy (non-hydrogen) atoms. The van der Waals surface area contributed by atoms with Gasteiger partial charge in [0, 0.05) is 48.1 Å². The highest BCUT2D eigenvalue weighted by molar-refractivity contribution is 5.92. The molecule has 0 radical (unpaired) electrons. The maximum atomic E-state index is 15.1. The van der Waals surface area contributed by atoms with Gasteiger partial charge in [0.15, 0.2) is 17.3 Å². The van der Waals surface area contributed by atoms with Gasteiger partial charge in [0.2, 0.25) is 11.9 Å². The highest BCUT2D eigenvalue weighted by Crippen LogP contribution is 2.37. The lowest BCUT2D eigenvalue weighted by atomic mass is 10.0. The number of carbonyl (C=O) groups is 1. The fourth-order valence-electron chi connectivity index (χ4n) is 4.09. The number of carbonyl (C=O) groups excluding carboxylic acids is 1. The first-order valence-corrected chi connectivity index (χ1v) is 10.9. The first-order chi connectivity index (χ1) is 18.0. The summed E-state index contributed by atoms with van der Waals surface area (Å²) in [4.78, 5) is 25.1. The Hall–Kier alpha value is -3.73. The molecule has 0 saturated carbocycles. The number of nitrogens with zero attached hydrogens (tertiary/aromatic N) is 4. The van der Waals surface area contributed by atoms with Gasteiger partial charge in [-0.1, -0.05) is 12.1 Å². The van der Waals surface area contributed by atoms with E-state index in [1.165, 1.54) is 44.6 Å². The second-order valence-corrected chi connectivity index (χ2v) is 8.05. The number of aromatic nitrogens is 2. The number of amides is 1. The molecule has 0 spiro atoms. The molecule has 1 amide bonds. The Bertz CT molecular complexity index is 1320. The van der Waals surface area contributed by atoms with Gasteiger partial charge in [0.1, 0.15) is 17.2 Å². The number of hydrogen-bond acceptors (Lipinski definition) is 8. The number of halogens is 2. The average molecular weight is 490 g/mol. The second kappa shape index (κ2) is 10.3. The van der Waals surface area contributed by atoms with E-state index in [1.54, 1.807) is 9.80 Å². The molecule has 1 aromatic heterocycles. The largest absolute Gasteiger partial charge is 0.493 e. The molecule has 1 atom stereocenters. The SMILES string of the molecule is [2H]C([2H])([2H])N[C@H](CC(=O)N1CCN(c2nc(N)c3cc(OC)c(OC)c(F)c3n2)CC1)c1ccc(F)cc1. The van der Waals surface area contributed by atoms with Crippen LogP contribution < -0.4 is 25.4 Å². The lowest BCUT2D eigenvalue weighted by Crippen LogP contribution is -2.49. The molecule has 3 N–H and O–H groups in total. The number of fused-ring (bicyclic) bond motifs is 1. The summed E-state index contributed by atoms with van der Waals surface area (Å²) in [6, 6.07) is 6.03.